The van der Waals surface area contributed by atoms with Crippen LogP contribution in [0.5, 0.6) is 0 Å². The fourth-order valence-electron chi connectivity index (χ4n) is 4.20. The zero-order valence-corrected chi connectivity index (χ0v) is 13.4. The third kappa shape index (κ3) is 3.72. The second-order valence-electron chi connectivity index (χ2n) is 7.79. The summed E-state index contributed by atoms with van der Waals surface area (Å²) in [5.41, 5.74) is 0.595. The monoisotopic (exact) mass is 267 g/mol. The van der Waals surface area contributed by atoms with Crippen LogP contribution in [0.15, 0.2) is 0 Å². The molecule has 2 fully saturated rings. The Kier molecular flexibility index (Phi) is 4.94. The molecule has 0 bridgehead atoms. The molecule has 0 aromatic carbocycles. The number of ether oxygens (including phenoxy) is 1. The van der Waals surface area contributed by atoms with Gasteiger partial charge in [-0.1, -0.05) is 40.5 Å². The first-order valence-electron chi connectivity index (χ1n) is 8.34. The third-order valence-electron chi connectivity index (χ3n) is 5.06. The van der Waals surface area contributed by atoms with Crippen LogP contribution in [0.1, 0.15) is 72.6 Å². The van der Waals surface area contributed by atoms with Crippen LogP contribution in [-0.4, -0.2) is 24.8 Å². The first kappa shape index (κ1) is 15.3. The largest absolute Gasteiger partial charge is 0.375 e. The smallest absolute Gasteiger partial charge is 0.0685 e. The van der Waals surface area contributed by atoms with Crippen molar-refractivity contribution in [3.8, 4) is 0 Å². The quantitative estimate of drug-likeness (QED) is 0.826. The second-order valence-corrected chi connectivity index (χ2v) is 7.79. The zero-order chi connectivity index (χ0) is 13.9. The minimum atomic E-state index is 0.250. The van der Waals surface area contributed by atoms with Gasteiger partial charge in [0, 0.05) is 12.6 Å². The van der Waals surface area contributed by atoms with E-state index in [1.807, 2.05) is 0 Å². The van der Waals surface area contributed by atoms with E-state index in [0.717, 1.165) is 19.1 Å². The summed E-state index contributed by atoms with van der Waals surface area (Å²) in [5.74, 6) is 0.790. The van der Waals surface area contributed by atoms with E-state index >= 15 is 0 Å². The summed E-state index contributed by atoms with van der Waals surface area (Å²) in [5, 5.41) is 3.83. The summed E-state index contributed by atoms with van der Waals surface area (Å²) >= 11 is 0. The first-order chi connectivity index (χ1) is 8.97. The summed E-state index contributed by atoms with van der Waals surface area (Å²) in [7, 11) is 0. The normalized spacial score (nSPS) is 28.7. The molecule has 2 unspecified atom stereocenters. The molecular formula is C17H33NO. The highest BCUT2D eigenvalue weighted by Gasteiger charge is 2.44. The first-order valence-corrected chi connectivity index (χ1v) is 8.34. The topological polar surface area (TPSA) is 21.3 Å². The summed E-state index contributed by atoms with van der Waals surface area (Å²) in [6.07, 6.45) is 9.08. The van der Waals surface area contributed by atoms with E-state index in [2.05, 4.69) is 33.0 Å². The lowest BCUT2D eigenvalue weighted by atomic mass is 9.72. The SMILES string of the molecule is CCCNC(C1CCOC2(CCCC2)C1)C(C)(C)C. The fourth-order valence-corrected chi connectivity index (χ4v) is 4.20. The zero-order valence-electron chi connectivity index (χ0n) is 13.4. The number of hydrogen-bond acceptors (Lipinski definition) is 2. The Hall–Kier alpha value is -0.0800. The van der Waals surface area contributed by atoms with Gasteiger partial charge in [0.1, 0.15) is 0 Å². The Morgan fingerprint density at radius 2 is 1.95 bits per heavy atom. The van der Waals surface area contributed by atoms with Gasteiger partial charge in [0.25, 0.3) is 0 Å². The van der Waals surface area contributed by atoms with Crippen LogP contribution >= 0.6 is 0 Å². The molecule has 2 nitrogen and oxygen atoms in total. The van der Waals surface area contributed by atoms with Crippen molar-refractivity contribution in [1.82, 2.24) is 5.32 Å². The van der Waals surface area contributed by atoms with Crippen molar-refractivity contribution < 1.29 is 4.74 Å². The number of rotatable bonds is 4. The summed E-state index contributed by atoms with van der Waals surface area (Å²) in [6, 6.07) is 0.633. The van der Waals surface area contributed by atoms with Gasteiger partial charge in [-0.05, 0) is 50.0 Å². The molecule has 0 aromatic rings. The van der Waals surface area contributed by atoms with Crippen LogP contribution in [0.2, 0.25) is 0 Å². The Bertz CT molecular complexity index is 275. The molecule has 2 atom stereocenters. The molecule has 1 N–H and O–H groups in total. The minimum absolute atomic E-state index is 0.250. The van der Waals surface area contributed by atoms with Gasteiger partial charge in [-0.3, -0.25) is 0 Å². The fraction of sp³-hybridized carbons (Fsp3) is 1.00. The predicted octanol–water partition coefficient (Wildman–Crippen LogP) is 4.14. The molecule has 0 radical (unpaired) electrons. The van der Waals surface area contributed by atoms with Crippen LogP contribution in [-0.2, 0) is 4.74 Å². The molecule has 1 aliphatic heterocycles. The maximum atomic E-state index is 6.20. The van der Waals surface area contributed by atoms with Crippen molar-refractivity contribution in [1.29, 1.82) is 0 Å². The van der Waals surface area contributed by atoms with Crippen molar-refractivity contribution >= 4 is 0 Å². The van der Waals surface area contributed by atoms with Gasteiger partial charge in [-0.25, -0.2) is 0 Å². The molecule has 0 amide bonds. The van der Waals surface area contributed by atoms with Crippen molar-refractivity contribution in [3.63, 3.8) is 0 Å². The van der Waals surface area contributed by atoms with E-state index in [4.69, 9.17) is 4.74 Å². The Balaban J connectivity index is 2.03. The molecule has 19 heavy (non-hydrogen) atoms. The highest BCUT2D eigenvalue weighted by Crippen LogP contribution is 2.44. The predicted molar refractivity (Wildman–Crippen MR) is 81.4 cm³/mol. The van der Waals surface area contributed by atoms with Crippen LogP contribution in [0, 0.1) is 11.3 Å². The van der Waals surface area contributed by atoms with E-state index < -0.39 is 0 Å². The van der Waals surface area contributed by atoms with Gasteiger partial charge in [0.05, 0.1) is 5.60 Å². The summed E-state index contributed by atoms with van der Waals surface area (Å²) < 4.78 is 6.20. The van der Waals surface area contributed by atoms with Gasteiger partial charge >= 0.3 is 0 Å². The molecule has 1 spiro atoms. The number of hydrogen-bond donors (Lipinski definition) is 1. The summed E-state index contributed by atoms with van der Waals surface area (Å²) in [4.78, 5) is 0. The lowest BCUT2D eigenvalue weighted by Crippen LogP contribution is -2.51. The number of nitrogens with one attached hydrogen (secondary N) is 1. The van der Waals surface area contributed by atoms with Crippen molar-refractivity contribution in [3.05, 3.63) is 0 Å². The van der Waals surface area contributed by atoms with Gasteiger partial charge in [0.2, 0.25) is 0 Å². The van der Waals surface area contributed by atoms with Crippen LogP contribution in [0.3, 0.4) is 0 Å². The Labute approximate surface area is 119 Å². The van der Waals surface area contributed by atoms with Gasteiger partial charge in [0.15, 0.2) is 0 Å². The van der Waals surface area contributed by atoms with Gasteiger partial charge in [-0.15, -0.1) is 0 Å². The highest BCUT2D eigenvalue weighted by molar-refractivity contribution is 4.97. The van der Waals surface area contributed by atoms with Crippen LogP contribution in [0.25, 0.3) is 0 Å². The average Bonchev–Trinajstić information content (AvgIpc) is 2.76. The molecule has 1 saturated carbocycles. The van der Waals surface area contributed by atoms with Crippen molar-refractivity contribution in [2.75, 3.05) is 13.2 Å². The van der Waals surface area contributed by atoms with Crippen LogP contribution in [0.4, 0.5) is 0 Å². The van der Waals surface area contributed by atoms with Gasteiger partial charge in [-0.2, -0.15) is 0 Å². The summed E-state index contributed by atoms with van der Waals surface area (Å²) in [6.45, 7) is 11.5. The van der Waals surface area contributed by atoms with Crippen LogP contribution < -0.4 is 5.32 Å². The standard InChI is InChI=1S/C17H33NO/c1-5-11-18-15(16(2,3)4)14-8-12-19-17(13-14)9-6-7-10-17/h14-15,18H,5-13H2,1-4H3. The molecule has 1 aliphatic carbocycles. The molecule has 0 aromatic heterocycles. The van der Waals surface area contributed by atoms with Crippen molar-refractivity contribution in [2.45, 2.75) is 84.3 Å². The maximum Gasteiger partial charge on any atom is 0.0685 e. The molecule has 112 valence electrons. The Morgan fingerprint density at radius 3 is 2.53 bits per heavy atom. The van der Waals surface area contributed by atoms with E-state index in [0.29, 0.717) is 11.5 Å². The molecule has 2 rings (SSSR count). The minimum Gasteiger partial charge on any atom is -0.375 e. The lowest BCUT2D eigenvalue weighted by molar-refractivity contribution is -0.104. The molecule has 2 heteroatoms. The molecule has 1 saturated heterocycles. The second kappa shape index (κ2) is 6.13. The van der Waals surface area contributed by atoms with Crippen molar-refractivity contribution in [2.24, 2.45) is 11.3 Å². The van der Waals surface area contributed by atoms with Gasteiger partial charge < -0.3 is 10.1 Å². The van der Waals surface area contributed by atoms with E-state index in [1.165, 1.54) is 44.9 Å². The van der Waals surface area contributed by atoms with E-state index in [9.17, 15) is 0 Å². The molecule has 2 aliphatic rings. The van der Waals surface area contributed by atoms with E-state index in [1.54, 1.807) is 0 Å². The Morgan fingerprint density at radius 1 is 1.26 bits per heavy atom. The molecular weight excluding hydrogens is 234 g/mol. The lowest BCUT2D eigenvalue weighted by Gasteiger charge is -2.45. The highest BCUT2D eigenvalue weighted by atomic mass is 16.5. The molecule has 1 heterocycles. The maximum absolute atomic E-state index is 6.20. The average molecular weight is 267 g/mol. The third-order valence-corrected chi connectivity index (χ3v) is 5.06. The van der Waals surface area contributed by atoms with E-state index in [-0.39, 0.29) is 5.60 Å².